The first-order chi connectivity index (χ1) is 12.2. The second-order valence-corrected chi connectivity index (χ2v) is 7.72. The van der Waals surface area contributed by atoms with Gasteiger partial charge in [0.1, 0.15) is 0 Å². The lowest BCUT2D eigenvalue weighted by atomic mass is 10.2. The highest BCUT2D eigenvalue weighted by Crippen LogP contribution is 2.29. The molecule has 0 radical (unpaired) electrons. The third-order valence-electron chi connectivity index (χ3n) is 3.76. The summed E-state index contributed by atoms with van der Waals surface area (Å²) in [6.07, 6.45) is 7.36. The number of hydrogen-bond acceptors (Lipinski definition) is 6. The van der Waals surface area contributed by atoms with E-state index in [4.69, 9.17) is 0 Å². The molecule has 1 amide bonds. The number of thiophene rings is 1. The molecule has 0 aliphatic rings. The van der Waals surface area contributed by atoms with Crippen molar-refractivity contribution in [3.05, 3.63) is 57.7 Å². The maximum atomic E-state index is 12.3. The Labute approximate surface area is 152 Å². The summed E-state index contributed by atoms with van der Waals surface area (Å²) in [5.74, 6) is -0.130. The molecule has 0 aliphatic carbocycles. The van der Waals surface area contributed by atoms with Gasteiger partial charge in [0.15, 0.2) is 0 Å². The Bertz CT molecular complexity index is 1030. The molecule has 0 spiro atoms. The average Bonchev–Trinajstić information content (AvgIpc) is 3.33. The molecular weight excluding hydrogens is 354 g/mol. The number of rotatable bonds is 5. The number of carbonyl (C=O) groups is 1. The quantitative estimate of drug-likeness (QED) is 0.586. The molecule has 4 heterocycles. The van der Waals surface area contributed by atoms with Crippen LogP contribution in [0.15, 0.2) is 42.3 Å². The number of aryl methyl sites for hydroxylation is 1. The molecule has 0 aliphatic heterocycles. The highest BCUT2D eigenvalue weighted by atomic mass is 32.1. The fourth-order valence-electron chi connectivity index (χ4n) is 2.53. The van der Waals surface area contributed by atoms with E-state index in [2.05, 4.69) is 37.9 Å². The Morgan fingerprint density at radius 1 is 1.32 bits per heavy atom. The molecule has 4 rings (SSSR count). The van der Waals surface area contributed by atoms with Crippen LogP contribution in [0.4, 0.5) is 0 Å². The van der Waals surface area contributed by atoms with Gasteiger partial charge in [-0.3, -0.25) is 9.78 Å². The van der Waals surface area contributed by atoms with E-state index in [1.54, 1.807) is 52.0 Å². The predicted octanol–water partition coefficient (Wildman–Crippen LogP) is 3.20. The van der Waals surface area contributed by atoms with Crippen molar-refractivity contribution in [1.82, 2.24) is 24.9 Å². The third kappa shape index (κ3) is 3.31. The van der Waals surface area contributed by atoms with Gasteiger partial charge in [0.25, 0.3) is 5.91 Å². The molecule has 0 unspecified atom stereocenters. The van der Waals surface area contributed by atoms with Crippen molar-refractivity contribution in [1.29, 1.82) is 0 Å². The lowest BCUT2D eigenvalue weighted by Crippen LogP contribution is -2.25. The van der Waals surface area contributed by atoms with Gasteiger partial charge in [-0.1, -0.05) is 0 Å². The zero-order valence-corrected chi connectivity index (χ0v) is 15.1. The zero-order valence-electron chi connectivity index (χ0n) is 13.5. The first-order valence-corrected chi connectivity index (χ1v) is 9.47. The molecule has 1 N–H and O–H groups in total. The van der Waals surface area contributed by atoms with Gasteiger partial charge in [-0.05, 0) is 25.5 Å². The number of fused-ring (bicyclic) bond motifs is 1. The maximum absolute atomic E-state index is 12.3. The number of amides is 1. The number of thiazole rings is 1. The summed E-state index contributed by atoms with van der Waals surface area (Å²) in [4.78, 5) is 23.3. The highest BCUT2D eigenvalue weighted by molar-refractivity contribution is 7.16. The van der Waals surface area contributed by atoms with Crippen LogP contribution in [-0.2, 0) is 6.42 Å². The fraction of sp³-hybridized carbons (Fsp3) is 0.176. The summed E-state index contributed by atoms with van der Waals surface area (Å²) in [6, 6.07) is 4.19. The van der Waals surface area contributed by atoms with Crippen molar-refractivity contribution in [3.8, 4) is 10.6 Å². The van der Waals surface area contributed by atoms with Crippen molar-refractivity contribution in [2.45, 2.75) is 13.3 Å². The number of aromatic nitrogens is 4. The monoisotopic (exact) mass is 369 g/mol. The first-order valence-electron chi connectivity index (χ1n) is 7.77. The highest BCUT2D eigenvalue weighted by Gasteiger charge is 2.12. The van der Waals surface area contributed by atoms with Crippen molar-refractivity contribution < 1.29 is 4.79 Å². The Hall–Kier alpha value is -2.58. The standard InChI is InChI=1S/C17H15N5OS2/c1-11-21-14(10-24-11)16-3-2-12(25-16)4-5-19-17(23)13-8-20-22-7-6-18-9-15(13)22/h2-3,6-10H,4-5H2,1H3,(H,19,23). The summed E-state index contributed by atoms with van der Waals surface area (Å²) >= 11 is 3.37. The molecule has 126 valence electrons. The van der Waals surface area contributed by atoms with E-state index in [1.807, 2.05) is 6.92 Å². The Kier molecular flexibility index (Phi) is 4.29. The molecule has 0 atom stereocenters. The van der Waals surface area contributed by atoms with Crippen LogP contribution in [0.1, 0.15) is 20.2 Å². The Morgan fingerprint density at radius 2 is 2.24 bits per heavy atom. The fourth-order valence-corrected chi connectivity index (χ4v) is 4.19. The van der Waals surface area contributed by atoms with Gasteiger partial charge in [-0.2, -0.15) is 5.10 Å². The van der Waals surface area contributed by atoms with Gasteiger partial charge in [0.2, 0.25) is 0 Å². The number of nitrogens with zero attached hydrogens (tertiary/aromatic N) is 4. The zero-order chi connectivity index (χ0) is 17.2. The molecule has 4 aromatic rings. The Balaban J connectivity index is 1.38. The van der Waals surface area contributed by atoms with Crippen LogP contribution in [0.25, 0.3) is 16.1 Å². The Morgan fingerprint density at radius 3 is 3.08 bits per heavy atom. The van der Waals surface area contributed by atoms with Crippen LogP contribution in [0, 0.1) is 6.92 Å². The number of nitrogens with one attached hydrogen (secondary N) is 1. The maximum Gasteiger partial charge on any atom is 0.255 e. The van der Waals surface area contributed by atoms with Gasteiger partial charge < -0.3 is 5.32 Å². The summed E-state index contributed by atoms with van der Waals surface area (Å²) in [6.45, 7) is 2.58. The molecule has 0 bridgehead atoms. The second kappa shape index (κ2) is 6.73. The van der Waals surface area contributed by atoms with E-state index < -0.39 is 0 Å². The van der Waals surface area contributed by atoms with E-state index in [9.17, 15) is 4.79 Å². The number of hydrogen-bond donors (Lipinski definition) is 1. The van der Waals surface area contributed by atoms with Crippen LogP contribution < -0.4 is 5.32 Å². The van der Waals surface area contributed by atoms with Crippen LogP contribution in [-0.4, -0.2) is 32.0 Å². The summed E-state index contributed by atoms with van der Waals surface area (Å²) in [7, 11) is 0. The smallest absolute Gasteiger partial charge is 0.255 e. The molecule has 0 saturated heterocycles. The SMILES string of the molecule is Cc1nc(-c2ccc(CCNC(=O)c3cnn4ccncc34)s2)cs1. The van der Waals surface area contributed by atoms with Crippen molar-refractivity contribution in [2.75, 3.05) is 6.54 Å². The second-order valence-electron chi connectivity index (χ2n) is 5.49. The van der Waals surface area contributed by atoms with Crippen molar-refractivity contribution in [2.24, 2.45) is 0 Å². The van der Waals surface area contributed by atoms with Crippen LogP contribution in [0.5, 0.6) is 0 Å². The minimum atomic E-state index is -0.130. The molecule has 0 fully saturated rings. The van der Waals surface area contributed by atoms with E-state index in [0.29, 0.717) is 17.6 Å². The van der Waals surface area contributed by atoms with Crippen LogP contribution in [0.2, 0.25) is 0 Å². The topological polar surface area (TPSA) is 72.2 Å². The van der Waals surface area contributed by atoms with Gasteiger partial charge in [-0.15, -0.1) is 22.7 Å². The minimum absolute atomic E-state index is 0.130. The molecular formula is C17H15N5OS2. The molecule has 4 aromatic heterocycles. The average molecular weight is 369 g/mol. The molecule has 25 heavy (non-hydrogen) atoms. The molecule has 0 aromatic carbocycles. The lowest BCUT2D eigenvalue weighted by molar-refractivity contribution is 0.0956. The van der Waals surface area contributed by atoms with Gasteiger partial charge in [0.05, 0.1) is 39.1 Å². The van der Waals surface area contributed by atoms with E-state index in [-0.39, 0.29) is 5.91 Å². The van der Waals surface area contributed by atoms with E-state index in [1.165, 1.54) is 9.75 Å². The summed E-state index contributed by atoms with van der Waals surface area (Å²) < 4.78 is 1.64. The third-order valence-corrected chi connectivity index (χ3v) is 5.70. The van der Waals surface area contributed by atoms with Crippen molar-refractivity contribution >= 4 is 34.1 Å². The summed E-state index contributed by atoms with van der Waals surface area (Å²) in [5.41, 5.74) is 2.27. The van der Waals surface area contributed by atoms with Gasteiger partial charge >= 0.3 is 0 Å². The lowest BCUT2D eigenvalue weighted by Gasteiger charge is -2.02. The number of carbonyl (C=O) groups excluding carboxylic acids is 1. The largest absolute Gasteiger partial charge is 0.352 e. The summed E-state index contributed by atoms with van der Waals surface area (Å²) in [5, 5.41) is 10.3. The normalized spacial score (nSPS) is 11.1. The first kappa shape index (κ1) is 15.9. The van der Waals surface area contributed by atoms with E-state index >= 15 is 0 Å². The van der Waals surface area contributed by atoms with Crippen molar-refractivity contribution in [3.63, 3.8) is 0 Å². The predicted molar refractivity (Wildman–Crippen MR) is 99.2 cm³/mol. The van der Waals surface area contributed by atoms with E-state index in [0.717, 1.165) is 17.1 Å². The minimum Gasteiger partial charge on any atom is -0.352 e. The molecule has 0 saturated carbocycles. The van der Waals surface area contributed by atoms with Gasteiger partial charge in [0, 0.05) is 29.2 Å². The molecule has 6 nitrogen and oxygen atoms in total. The molecule has 8 heteroatoms. The van der Waals surface area contributed by atoms with Gasteiger partial charge in [-0.25, -0.2) is 9.50 Å². The van der Waals surface area contributed by atoms with Crippen LogP contribution >= 0.6 is 22.7 Å². The van der Waals surface area contributed by atoms with Crippen LogP contribution in [0.3, 0.4) is 0 Å².